The van der Waals surface area contributed by atoms with Gasteiger partial charge in [-0.25, -0.2) is 0 Å². The maximum absolute atomic E-state index is 11.0. The number of rotatable bonds is 3. The molecule has 96 valence electrons. The van der Waals surface area contributed by atoms with Gasteiger partial charge >= 0.3 is 5.97 Å². The summed E-state index contributed by atoms with van der Waals surface area (Å²) in [6, 6.07) is 0. The molecule has 0 amide bonds. The van der Waals surface area contributed by atoms with Gasteiger partial charge in [-0.1, -0.05) is 26.0 Å². The normalized spacial score (nSPS) is 38.5. The van der Waals surface area contributed by atoms with Gasteiger partial charge in [0.1, 0.15) is 0 Å². The maximum atomic E-state index is 11.0. The van der Waals surface area contributed by atoms with Crippen LogP contribution in [0.1, 0.15) is 26.7 Å². The first-order chi connectivity index (χ1) is 8.05. The van der Waals surface area contributed by atoms with E-state index in [1.807, 2.05) is 6.08 Å². The van der Waals surface area contributed by atoms with Crippen LogP contribution in [-0.2, 0) is 14.3 Å². The Bertz CT molecular complexity index is 319. The quantitative estimate of drug-likeness (QED) is 0.767. The fourth-order valence-corrected chi connectivity index (χ4v) is 2.87. The van der Waals surface area contributed by atoms with E-state index >= 15 is 0 Å². The van der Waals surface area contributed by atoms with E-state index in [0.29, 0.717) is 19.1 Å². The fraction of sp³-hybridized carbons (Fsp3) is 0.769. The first-order valence-electron chi connectivity index (χ1n) is 6.16. The molecule has 1 heterocycles. The Labute approximate surface area is 102 Å². The second kappa shape index (κ2) is 4.78. The Morgan fingerprint density at radius 3 is 2.71 bits per heavy atom. The molecule has 1 saturated heterocycles. The molecule has 0 bridgehead atoms. The average molecular weight is 240 g/mol. The van der Waals surface area contributed by atoms with Gasteiger partial charge in [0.15, 0.2) is 6.29 Å². The molecule has 0 saturated carbocycles. The van der Waals surface area contributed by atoms with Gasteiger partial charge in [0, 0.05) is 5.41 Å². The van der Waals surface area contributed by atoms with Gasteiger partial charge in [-0.05, 0) is 18.3 Å². The van der Waals surface area contributed by atoms with Crippen LogP contribution in [0.25, 0.3) is 0 Å². The minimum absolute atomic E-state index is 0.0214. The first-order valence-corrected chi connectivity index (χ1v) is 6.16. The van der Waals surface area contributed by atoms with Crippen molar-refractivity contribution in [1.82, 2.24) is 0 Å². The van der Waals surface area contributed by atoms with Crippen LogP contribution in [0.4, 0.5) is 0 Å². The maximum Gasteiger partial charge on any atom is 0.303 e. The topological polar surface area (TPSA) is 55.8 Å². The summed E-state index contributed by atoms with van der Waals surface area (Å²) >= 11 is 0. The third-order valence-corrected chi connectivity index (χ3v) is 4.24. The van der Waals surface area contributed by atoms with E-state index in [2.05, 4.69) is 19.9 Å². The molecular formula is C13H20O4. The number of hydrogen-bond donors (Lipinski definition) is 1. The van der Waals surface area contributed by atoms with Crippen LogP contribution in [0.3, 0.4) is 0 Å². The zero-order valence-corrected chi connectivity index (χ0v) is 10.4. The first kappa shape index (κ1) is 12.6. The van der Waals surface area contributed by atoms with Gasteiger partial charge in [0.05, 0.1) is 19.6 Å². The summed E-state index contributed by atoms with van der Waals surface area (Å²) in [6.07, 6.45) is 4.91. The predicted molar refractivity (Wildman–Crippen MR) is 62.5 cm³/mol. The smallest absolute Gasteiger partial charge is 0.303 e. The van der Waals surface area contributed by atoms with E-state index in [1.165, 1.54) is 0 Å². The minimum atomic E-state index is -0.766. The van der Waals surface area contributed by atoms with E-state index in [9.17, 15) is 4.79 Å². The number of carboxylic acid groups (broad SMARTS) is 1. The van der Waals surface area contributed by atoms with E-state index in [4.69, 9.17) is 14.6 Å². The van der Waals surface area contributed by atoms with Crippen LogP contribution in [0.5, 0.6) is 0 Å². The lowest BCUT2D eigenvalue weighted by Crippen LogP contribution is -2.46. The summed E-state index contributed by atoms with van der Waals surface area (Å²) in [4.78, 5) is 11.0. The van der Waals surface area contributed by atoms with E-state index in [1.54, 1.807) is 0 Å². The monoisotopic (exact) mass is 240 g/mol. The van der Waals surface area contributed by atoms with E-state index in [-0.39, 0.29) is 24.0 Å². The number of carboxylic acids is 1. The molecule has 2 aliphatic rings. The lowest BCUT2D eigenvalue weighted by atomic mass is 9.63. The summed E-state index contributed by atoms with van der Waals surface area (Å²) in [6.45, 7) is 5.45. The van der Waals surface area contributed by atoms with E-state index in [0.717, 1.165) is 6.42 Å². The molecule has 1 N–H and O–H groups in total. The largest absolute Gasteiger partial charge is 0.481 e. The standard InChI is InChI=1S/C13H20O4/c1-9-4-3-5-10(8-11(14)15)13(9,2)12-16-6-7-17-12/h3,5,9-10,12H,4,6-8H2,1-2H3,(H,14,15)/t9-,10+,13+/m1/s1. The van der Waals surface area contributed by atoms with Crippen LogP contribution in [-0.4, -0.2) is 30.6 Å². The van der Waals surface area contributed by atoms with Gasteiger partial charge in [-0.15, -0.1) is 0 Å². The number of aliphatic carboxylic acids is 1. The van der Waals surface area contributed by atoms with Crippen molar-refractivity contribution in [2.24, 2.45) is 17.3 Å². The van der Waals surface area contributed by atoms with Crippen molar-refractivity contribution < 1.29 is 19.4 Å². The molecule has 17 heavy (non-hydrogen) atoms. The fourth-order valence-electron chi connectivity index (χ4n) is 2.87. The summed E-state index contributed by atoms with van der Waals surface area (Å²) in [5.41, 5.74) is -0.246. The number of ether oxygens (including phenoxy) is 2. The van der Waals surface area contributed by atoms with Crippen LogP contribution < -0.4 is 0 Å². The summed E-state index contributed by atoms with van der Waals surface area (Å²) < 4.78 is 11.3. The summed E-state index contributed by atoms with van der Waals surface area (Å²) in [7, 11) is 0. The van der Waals surface area contributed by atoms with Crippen molar-refractivity contribution in [3.63, 3.8) is 0 Å². The van der Waals surface area contributed by atoms with Gasteiger partial charge in [0.2, 0.25) is 0 Å². The number of allylic oxidation sites excluding steroid dienone is 2. The summed E-state index contributed by atoms with van der Waals surface area (Å²) in [5.74, 6) is -0.426. The molecule has 1 aliphatic heterocycles. The van der Waals surface area contributed by atoms with Crippen molar-refractivity contribution in [3.8, 4) is 0 Å². The van der Waals surface area contributed by atoms with Crippen molar-refractivity contribution in [3.05, 3.63) is 12.2 Å². The Balaban J connectivity index is 2.23. The Hall–Kier alpha value is -0.870. The second-order valence-electron chi connectivity index (χ2n) is 5.21. The van der Waals surface area contributed by atoms with Crippen molar-refractivity contribution in [2.75, 3.05) is 13.2 Å². The molecule has 0 unspecified atom stereocenters. The molecule has 1 fully saturated rings. The molecule has 1 aliphatic carbocycles. The zero-order valence-electron chi connectivity index (χ0n) is 10.4. The highest BCUT2D eigenvalue weighted by atomic mass is 16.7. The van der Waals surface area contributed by atoms with E-state index < -0.39 is 5.97 Å². The van der Waals surface area contributed by atoms with Crippen LogP contribution >= 0.6 is 0 Å². The third-order valence-electron chi connectivity index (χ3n) is 4.24. The Kier molecular flexibility index (Phi) is 3.54. The molecule has 0 aromatic heterocycles. The highest BCUT2D eigenvalue weighted by Crippen LogP contribution is 2.48. The number of carbonyl (C=O) groups is 1. The van der Waals surface area contributed by atoms with Crippen LogP contribution in [0.15, 0.2) is 12.2 Å². The lowest BCUT2D eigenvalue weighted by Gasteiger charge is -2.45. The number of hydrogen-bond acceptors (Lipinski definition) is 3. The van der Waals surface area contributed by atoms with Gasteiger partial charge in [0.25, 0.3) is 0 Å². The minimum Gasteiger partial charge on any atom is -0.481 e. The van der Waals surface area contributed by atoms with Crippen molar-refractivity contribution in [2.45, 2.75) is 33.0 Å². The van der Waals surface area contributed by atoms with Crippen molar-refractivity contribution in [1.29, 1.82) is 0 Å². The van der Waals surface area contributed by atoms with Gasteiger partial charge in [-0.3, -0.25) is 4.79 Å². The molecule has 0 radical (unpaired) electrons. The molecule has 2 rings (SSSR count). The van der Waals surface area contributed by atoms with Crippen LogP contribution in [0.2, 0.25) is 0 Å². The third kappa shape index (κ3) is 2.24. The van der Waals surface area contributed by atoms with Gasteiger partial charge < -0.3 is 14.6 Å². The lowest BCUT2D eigenvalue weighted by molar-refractivity contribution is -0.170. The second-order valence-corrected chi connectivity index (χ2v) is 5.21. The van der Waals surface area contributed by atoms with Crippen molar-refractivity contribution >= 4 is 5.97 Å². The molecule has 3 atom stereocenters. The zero-order chi connectivity index (χ0) is 12.5. The molecule has 0 spiro atoms. The highest BCUT2D eigenvalue weighted by Gasteiger charge is 2.49. The molecular weight excluding hydrogens is 220 g/mol. The molecule has 4 heteroatoms. The predicted octanol–water partition coefficient (Wildman–Crippen LogP) is 2.05. The SMILES string of the molecule is C[C@@H]1CC=C[C@@H](CC(=O)O)[C@@]1(C)C1OCCO1. The molecule has 0 aromatic rings. The van der Waals surface area contributed by atoms with Crippen LogP contribution in [0, 0.1) is 17.3 Å². The average Bonchev–Trinajstić information content (AvgIpc) is 2.78. The highest BCUT2D eigenvalue weighted by molar-refractivity contribution is 5.67. The molecule has 0 aromatic carbocycles. The summed E-state index contributed by atoms with van der Waals surface area (Å²) in [5, 5.41) is 9.01. The van der Waals surface area contributed by atoms with Gasteiger partial charge in [-0.2, -0.15) is 0 Å². The molecule has 4 nitrogen and oxygen atoms in total. The Morgan fingerprint density at radius 1 is 1.47 bits per heavy atom. The Morgan fingerprint density at radius 2 is 2.12 bits per heavy atom.